The third kappa shape index (κ3) is 4.45. The van der Waals surface area contributed by atoms with Crippen molar-refractivity contribution in [3.8, 4) is 0 Å². The Kier molecular flexibility index (Phi) is 6.43. The van der Waals surface area contributed by atoms with Crippen LogP contribution in [0.3, 0.4) is 0 Å². The molecule has 7 heteroatoms. The lowest BCUT2D eigenvalue weighted by atomic mass is 9.95. The van der Waals surface area contributed by atoms with E-state index in [2.05, 4.69) is 51.3 Å². The van der Waals surface area contributed by atoms with Crippen LogP contribution in [0.2, 0.25) is 0 Å². The molecule has 1 aromatic rings. The highest BCUT2D eigenvalue weighted by Gasteiger charge is 2.40. The molecule has 0 aromatic carbocycles. The summed E-state index contributed by atoms with van der Waals surface area (Å²) in [7, 11) is 1.85. The molecule has 0 aliphatic carbocycles. The predicted molar refractivity (Wildman–Crippen MR) is 104 cm³/mol. The molecular weight excluding hydrogens is 340 g/mol. The van der Waals surface area contributed by atoms with Crippen LogP contribution in [0.4, 0.5) is 0 Å². The van der Waals surface area contributed by atoms with Crippen molar-refractivity contribution in [1.82, 2.24) is 15.5 Å². The summed E-state index contributed by atoms with van der Waals surface area (Å²) in [5.74, 6) is 3.34. The molecule has 2 aliphatic rings. The summed E-state index contributed by atoms with van der Waals surface area (Å²) in [4.78, 5) is 9.71. The number of guanidine groups is 1. The van der Waals surface area contributed by atoms with Gasteiger partial charge in [-0.2, -0.15) is 11.8 Å². The average Bonchev–Trinajstić information content (AvgIpc) is 3.26. The fraction of sp³-hybridized carbons (Fsp3) is 0.706. The lowest BCUT2D eigenvalue weighted by Crippen LogP contribution is -2.60. The molecule has 134 valence electrons. The number of thiophene rings is 1. The molecule has 2 N–H and O–H groups in total. The van der Waals surface area contributed by atoms with Crippen molar-refractivity contribution < 1.29 is 4.74 Å². The molecule has 0 radical (unpaired) electrons. The topological polar surface area (TPSA) is 48.9 Å². The molecule has 2 aliphatic heterocycles. The number of ether oxygens (including phenoxy) is 1. The first-order valence-corrected chi connectivity index (χ1v) is 10.6. The van der Waals surface area contributed by atoms with Gasteiger partial charge in [0.05, 0.1) is 19.8 Å². The predicted octanol–water partition coefficient (Wildman–Crippen LogP) is 1.93. The van der Waals surface area contributed by atoms with E-state index in [1.165, 1.54) is 27.7 Å². The molecule has 0 saturated carbocycles. The molecule has 1 atom stereocenters. The van der Waals surface area contributed by atoms with Crippen molar-refractivity contribution in [2.75, 3.05) is 51.4 Å². The molecular formula is C17H28N4OS2. The minimum absolute atomic E-state index is 0.242. The standard InChI is InChI=1S/C17H28N4OS2/c1-14-3-4-15(24-14)11-19-16(18-2)20-12-17(5-10-23-13-17)21-6-8-22-9-7-21/h3-4H,5-13H2,1-2H3,(H2,18,19,20). The summed E-state index contributed by atoms with van der Waals surface area (Å²) in [5, 5.41) is 7.02. The molecule has 0 bridgehead atoms. The van der Waals surface area contributed by atoms with Gasteiger partial charge in [-0.15, -0.1) is 11.3 Å². The third-order valence-corrected chi connectivity index (χ3v) is 7.03. The molecule has 0 amide bonds. The zero-order valence-electron chi connectivity index (χ0n) is 14.6. The number of aryl methyl sites for hydroxylation is 1. The van der Waals surface area contributed by atoms with Crippen molar-refractivity contribution in [2.24, 2.45) is 4.99 Å². The van der Waals surface area contributed by atoms with E-state index in [0.29, 0.717) is 0 Å². The van der Waals surface area contributed by atoms with Gasteiger partial charge in [-0.3, -0.25) is 9.89 Å². The van der Waals surface area contributed by atoms with Crippen molar-refractivity contribution in [3.63, 3.8) is 0 Å². The van der Waals surface area contributed by atoms with Crippen LogP contribution in [-0.4, -0.2) is 67.8 Å². The maximum Gasteiger partial charge on any atom is 0.191 e. The van der Waals surface area contributed by atoms with Crippen LogP contribution >= 0.6 is 23.1 Å². The number of rotatable bonds is 5. The molecule has 5 nitrogen and oxygen atoms in total. The largest absolute Gasteiger partial charge is 0.379 e. The monoisotopic (exact) mass is 368 g/mol. The maximum absolute atomic E-state index is 5.54. The van der Waals surface area contributed by atoms with E-state index in [0.717, 1.165) is 45.4 Å². The number of morpholine rings is 1. The van der Waals surface area contributed by atoms with Gasteiger partial charge in [-0.1, -0.05) is 0 Å². The number of nitrogens with one attached hydrogen (secondary N) is 2. The molecule has 3 heterocycles. The van der Waals surface area contributed by atoms with Gasteiger partial charge in [0.15, 0.2) is 5.96 Å². The fourth-order valence-corrected chi connectivity index (χ4v) is 5.66. The SMILES string of the molecule is CN=C(NCc1ccc(C)s1)NCC1(N2CCOCC2)CCSC1. The number of hydrogen-bond acceptors (Lipinski definition) is 5. The highest BCUT2D eigenvalue weighted by molar-refractivity contribution is 7.99. The van der Waals surface area contributed by atoms with Crippen molar-refractivity contribution in [2.45, 2.75) is 25.4 Å². The number of hydrogen-bond donors (Lipinski definition) is 2. The van der Waals surface area contributed by atoms with Gasteiger partial charge in [-0.05, 0) is 31.2 Å². The van der Waals surface area contributed by atoms with Crippen LogP contribution in [-0.2, 0) is 11.3 Å². The molecule has 2 fully saturated rings. The molecule has 1 aromatic heterocycles. The van der Waals surface area contributed by atoms with E-state index in [1.54, 1.807) is 0 Å². The first kappa shape index (κ1) is 18.0. The molecule has 1 unspecified atom stereocenters. The fourth-order valence-electron chi connectivity index (χ4n) is 3.35. The number of aliphatic imine (C=N–C) groups is 1. The Morgan fingerprint density at radius 3 is 2.79 bits per heavy atom. The van der Waals surface area contributed by atoms with Gasteiger partial charge in [0.1, 0.15) is 0 Å². The number of thioether (sulfide) groups is 1. The Labute approximate surface area is 153 Å². The van der Waals surface area contributed by atoms with Crippen LogP contribution < -0.4 is 10.6 Å². The van der Waals surface area contributed by atoms with E-state index in [4.69, 9.17) is 4.74 Å². The van der Waals surface area contributed by atoms with E-state index in [-0.39, 0.29) is 5.54 Å². The lowest BCUT2D eigenvalue weighted by Gasteiger charge is -2.43. The Hall–Kier alpha value is -0.760. The summed E-state index contributed by atoms with van der Waals surface area (Å²) in [6.07, 6.45) is 1.24. The molecule has 2 saturated heterocycles. The minimum Gasteiger partial charge on any atom is -0.379 e. The zero-order chi connectivity index (χ0) is 16.8. The molecule has 0 spiro atoms. The quantitative estimate of drug-likeness (QED) is 0.614. The Balaban J connectivity index is 1.54. The second-order valence-electron chi connectivity index (χ2n) is 6.42. The summed E-state index contributed by atoms with van der Waals surface area (Å²) >= 11 is 3.90. The van der Waals surface area contributed by atoms with E-state index in [9.17, 15) is 0 Å². The smallest absolute Gasteiger partial charge is 0.191 e. The Morgan fingerprint density at radius 2 is 2.17 bits per heavy atom. The van der Waals surface area contributed by atoms with Crippen molar-refractivity contribution in [1.29, 1.82) is 0 Å². The summed E-state index contributed by atoms with van der Waals surface area (Å²) in [6, 6.07) is 4.35. The van der Waals surface area contributed by atoms with Crippen LogP contribution in [0.25, 0.3) is 0 Å². The van der Waals surface area contributed by atoms with Gasteiger partial charge in [-0.25, -0.2) is 0 Å². The highest BCUT2D eigenvalue weighted by atomic mass is 32.2. The number of nitrogens with zero attached hydrogens (tertiary/aromatic N) is 2. The maximum atomic E-state index is 5.54. The van der Waals surface area contributed by atoms with E-state index in [1.807, 2.05) is 18.4 Å². The summed E-state index contributed by atoms with van der Waals surface area (Å²) < 4.78 is 5.54. The summed E-state index contributed by atoms with van der Waals surface area (Å²) in [6.45, 7) is 7.73. The zero-order valence-corrected chi connectivity index (χ0v) is 16.3. The Morgan fingerprint density at radius 1 is 1.33 bits per heavy atom. The van der Waals surface area contributed by atoms with E-state index < -0.39 is 0 Å². The van der Waals surface area contributed by atoms with Crippen LogP contribution in [0.5, 0.6) is 0 Å². The van der Waals surface area contributed by atoms with E-state index >= 15 is 0 Å². The van der Waals surface area contributed by atoms with Gasteiger partial charge < -0.3 is 15.4 Å². The highest BCUT2D eigenvalue weighted by Crippen LogP contribution is 2.33. The first-order valence-electron chi connectivity index (χ1n) is 8.62. The van der Waals surface area contributed by atoms with Gasteiger partial charge in [0, 0.05) is 47.7 Å². The lowest BCUT2D eigenvalue weighted by molar-refractivity contribution is -0.0120. The van der Waals surface area contributed by atoms with Gasteiger partial charge in [0.2, 0.25) is 0 Å². The summed E-state index contributed by atoms with van der Waals surface area (Å²) in [5.41, 5.74) is 0.242. The van der Waals surface area contributed by atoms with Gasteiger partial charge in [0.25, 0.3) is 0 Å². The van der Waals surface area contributed by atoms with Crippen molar-refractivity contribution >= 4 is 29.1 Å². The van der Waals surface area contributed by atoms with Crippen LogP contribution in [0.15, 0.2) is 17.1 Å². The first-order chi connectivity index (χ1) is 11.7. The van der Waals surface area contributed by atoms with Crippen LogP contribution in [0.1, 0.15) is 16.2 Å². The van der Waals surface area contributed by atoms with Gasteiger partial charge >= 0.3 is 0 Å². The third-order valence-electron chi connectivity index (χ3n) is 4.80. The second kappa shape index (κ2) is 8.56. The molecule has 3 rings (SSSR count). The van der Waals surface area contributed by atoms with Crippen molar-refractivity contribution in [3.05, 3.63) is 21.9 Å². The molecule has 24 heavy (non-hydrogen) atoms. The Bertz CT molecular complexity index is 549. The second-order valence-corrected chi connectivity index (χ2v) is 8.90. The normalized spacial score (nSPS) is 25.8. The van der Waals surface area contributed by atoms with Crippen LogP contribution in [0, 0.1) is 6.92 Å². The minimum atomic E-state index is 0.242. The average molecular weight is 369 g/mol.